The largest absolute Gasteiger partial charge is 0.328 e. The van der Waals surface area contributed by atoms with Crippen LogP contribution >= 0.6 is 0 Å². The Labute approximate surface area is 89.5 Å². The van der Waals surface area contributed by atoms with Crippen molar-refractivity contribution in [2.45, 2.75) is 24.3 Å². The van der Waals surface area contributed by atoms with Crippen molar-refractivity contribution in [3.05, 3.63) is 12.4 Å². The molecule has 1 atom stereocenters. The lowest BCUT2D eigenvalue weighted by Gasteiger charge is -2.06. The number of rotatable bonds is 5. The van der Waals surface area contributed by atoms with Crippen LogP contribution < -0.4 is 10.5 Å². The van der Waals surface area contributed by atoms with Gasteiger partial charge in [0, 0.05) is 25.8 Å². The van der Waals surface area contributed by atoms with Crippen molar-refractivity contribution >= 4 is 10.0 Å². The minimum atomic E-state index is -3.42. The van der Waals surface area contributed by atoms with E-state index in [4.69, 9.17) is 5.73 Å². The lowest BCUT2D eigenvalue weighted by molar-refractivity contribution is 0.571. The molecule has 0 aliphatic carbocycles. The summed E-state index contributed by atoms with van der Waals surface area (Å²) in [6.07, 6.45) is 3.38. The Morgan fingerprint density at radius 3 is 2.80 bits per heavy atom. The van der Waals surface area contributed by atoms with E-state index in [-0.39, 0.29) is 10.9 Å². The van der Waals surface area contributed by atoms with Crippen LogP contribution in [-0.4, -0.2) is 30.8 Å². The maximum atomic E-state index is 11.6. The van der Waals surface area contributed by atoms with Gasteiger partial charge in [-0.2, -0.15) is 5.10 Å². The molecule has 0 aromatic carbocycles. The molecule has 0 radical (unpaired) electrons. The average molecular weight is 232 g/mol. The summed E-state index contributed by atoms with van der Waals surface area (Å²) in [5, 5.41) is 3.80. The molecule has 1 aromatic heterocycles. The van der Waals surface area contributed by atoms with Crippen LogP contribution in [0.1, 0.15) is 13.3 Å². The number of nitrogens with zero attached hydrogens (tertiary/aromatic N) is 2. The van der Waals surface area contributed by atoms with E-state index in [1.807, 2.05) is 6.92 Å². The van der Waals surface area contributed by atoms with E-state index in [9.17, 15) is 8.42 Å². The molecule has 1 rings (SSSR count). The fourth-order valence-corrected chi connectivity index (χ4v) is 2.07. The van der Waals surface area contributed by atoms with E-state index in [1.165, 1.54) is 17.1 Å². The van der Waals surface area contributed by atoms with Crippen molar-refractivity contribution in [3.63, 3.8) is 0 Å². The lowest BCUT2D eigenvalue weighted by atomic mass is 10.3. The summed E-state index contributed by atoms with van der Waals surface area (Å²) in [6.45, 7) is 2.17. The predicted molar refractivity (Wildman–Crippen MR) is 56.7 cm³/mol. The zero-order valence-corrected chi connectivity index (χ0v) is 9.66. The van der Waals surface area contributed by atoms with Gasteiger partial charge in [-0.1, -0.05) is 0 Å². The number of sulfonamides is 1. The molecule has 7 heteroatoms. The van der Waals surface area contributed by atoms with Crippen molar-refractivity contribution in [2.75, 3.05) is 6.54 Å². The molecular weight excluding hydrogens is 216 g/mol. The summed E-state index contributed by atoms with van der Waals surface area (Å²) in [6, 6.07) is -0.0124. The van der Waals surface area contributed by atoms with E-state index < -0.39 is 10.0 Å². The first-order valence-corrected chi connectivity index (χ1v) is 6.14. The van der Waals surface area contributed by atoms with Gasteiger partial charge < -0.3 is 5.73 Å². The number of nitrogens with two attached hydrogens (primary N) is 1. The zero-order chi connectivity index (χ0) is 11.5. The van der Waals surface area contributed by atoms with E-state index in [2.05, 4.69) is 9.82 Å². The first-order valence-electron chi connectivity index (χ1n) is 4.66. The lowest BCUT2D eigenvalue weighted by Crippen LogP contribution is -2.28. The summed E-state index contributed by atoms with van der Waals surface area (Å²) < 4.78 is 27.1. The van der Waals surface area contributed by atoms with Crippen LogP contribution in [0.4, 0.5) is 0 Å². The van der Waals surface area contributed by atoms with Crippen LogP contribution in [0.5, 0.6) is 0 Å². The molecule has 6 nitrogen and oxygen atoms in total. The molecule has 3 N–H and O–H groups in total. The van der Waals surface area contributed by atoms with Crippen molar-refractivity contribution in [1.29, 1.82) is 0 Å². The number of aromatic nitrogens is 2. The fraction of sp³-hybridized carbons (Fsp3) is 0.625. The topological polar surface area (TPSA) is 90.0 Å². The highest BCUT2D eigenvalue weighted by Gasteiger charge is 2.15. The Morgan fingerprint density at radius 1 is 1.67 bits per heavy atom. The number of hydrogen-bond donors (Lipinski definition) is 2. The quantitative estimate of drug-likeness (QED) is 0.711. The molecule has 1 unspecified atom stereocenters. The van der Waals surface area contributed by atoms with Gasteiger partial charge in [0.1, 0.15) is 4.90 Å². The van der Waals surface area contributed by atoms with Crippen molar-refractivity contribution in [1.82, 2.24) is 14.5 Å². The van der Waals surface area contributed by atoms with Crippen LogP contribution in [0, 0.1) is 0 Å². The molecule has 0 aliphatic heterocycles. The van der Waals surface area contributed by atoms with Crippen LogP contribution in [0.15, 0.2) is 17.3 Å². The molecule has 86 valence electrons. The fourth-order valence-electron chi connectivity index (χ4n) is 1.04. The van der Waals surface area contributed by atoms with Gasteiger partial charge in [0.25, 0.3) is 0 Å². The molecule has 1 heterocycles. The monoisotopic (exact) mass is 232 g/mol. The van der Waals surface area contributed by atoms with Crippen LogP contribution in [0.3, 0.4) is 0 Å². The van der Waals surface area contributed by atoms with Gasteiger partial charge in [0.15, 0.2) is 0 Å². The third kappa shape index (κ3) is 3.61. The van der Waals surface area contributed by atoms with Gasteiger partial charge in [-0.25, -0.2) is 13.1 Å². The highest BCUT2D eigenvalue weighted by Crippen LogP contribution is 2.05. The van der Waals surface area contributed by atoms with Gasteiger partial charge in [0.2, 0.25) is 10.0 Å². The minimum Gasteiger partial charge on any atom is -0.328 e. The minimum absolute atomic E-state index is 0.0124. The normalized spacial score (nSPS) is 14.1. The summed E-state index contributed by atoms with van der Waals surface area (Å²) >= 11 is 0. The molecule has 0 aliphatic rings. The first kappa shape index (κ1) is 12.2. The smallest absolute Gasteiger partial charge is 0.243 e. The van der Waals surface area contributed by atoms with E-state index in [1.54, 1.807) is 7.05 Å². The second-order valence-corrected chi connectivity index (χ2v) is 5.28. The molecule has 0 fully saturated rings. The van der Waals surface area contributed by atoms with E-state index in [0.717, 1.165) is 0 Å². The highest BCUT2D eigenvalue weighted by molar-refractivity contribution is 7.89. The van der Waals surface area contributed by atoms with Crippen molar-refractivity contribution in [3.8, 4) is 0 Å². The summed E-state index contributed by atoms with van der Waals surface area (Å²) in [5.74, 6) is 0. The van der Waals surface area contributed by atoms with Crippen LogP contribution in [0.2, 0.25) is 0 Å². The number of hydrogen-bond acceptors (Lipinski definition) is 4. The zero-order valence-electron chi connectivity index (χ0n) is 8.84. The molecule has 1 aromatic rings. The average Bonchev–Trinajstić information content (AvgIpc) is 2.51. The maximum absolute atomic E-state index is 11.6. The summed E-state index contributed by atoms with van der Waals surface area (Å²) in [4.78, 5) is 0.176. The first-order chi connectivity index (χ1) is 6.92. The summed E-state index contributed by atoms with van der Waals surface area (Å²) in [5.41, 5.74) is 5.51. The van der Waals surface area contributed by atoms with E-state index in [0.29, 0.717) is 13.0 Å². The summed E-state index contributed by atoms with van der Waals surface area (Å²) in [7, 11) is -1.76. The van der Waals surface area contributed by atoms with Crippen molar-refractivity contribution < 1.29 is 8.42 Å². The van der Waals surface area contributed by atoms with Gasteiger partial charge in [-0.3, -0.25) is 4.68 Å². The second-order valence-electron chi connectivity index (χ2n) is 3.51. The standard InChI is InChI=1S/C8H16N4O2S/c1-7(9)3-4-11-15(13,14)8-5-10-12(2)6-8/h5-7,11H,3-4,9H2,1-2H3. The third-order valence-electron chi connectivity index (χ3n) is 1.88. The second kappa shape index (κ2) is 4.73. The van der Waals surface area contributed by atoms with Gasteiger partial charge >= 0.3 is 0 Å². The molecular formula is C8H16N4O2S. The van der Waals surface area contributed by atoms with Crippen LogP contribution in [-0.2, 0) is 17.1 Å². The third-order valence-corrected chi connectivity index (χ3v) is 3.30. The molecule has 0 saturated carbocycles. The van der Waals surface area contributed by atoms with Gasteiger partial charge in [0.05, 0.1) is 6.20 Å². The SMILES string of the molecule is CC(N)CCNS(=O)(=O)c1cnn(C)c1. The number of aryl methyl sites for hydroxylation is 1. The van der Waals surface area contributed by atoms with Crippen LogP contribution in [0.25, 0.3) is 0 Å². The Hall–Kier alpha value is -0.920. The maximum Gasteiger partial charge on any atom is 0.243 e. The number of nitrogens with one attached hydrogen (secondary N) is 1. The molecule has 15 heavy (non-hydrogen) atoms. The molecule has 0 spiro atoms. The van der Waals surface area contributed by atoms with E-state index >= 15 is 0 Å². The van der Waals surface area contributed by atoms with Gasteiger partial charge in [-0.05, 0) is 13.3 Å². The Bertz CT molecular complexity index is 410. The Kier molecular flexibility index (Phi) is 3.83. The van der Waals surface area contributed by atoms with Crippen molar-refractivity contribution in [2.24, 2.45) is 12.8 Å². The van der Waals surface area contributed by atoms with Gasteiger partial charge in [-0.15, -0.1) is 0 Å². The highest BCUT2D eigenvalue weighted by atomic mass is 32.2. The Morgan fingerprint density at radius 2 is 2.33 bits per heavy atom. The molecule has 0 amide bonds. The Balaban J connectivity index is 2.60. The predicted octanol–water partition coefficient (Wildman–Crippen LogP) is -0.564. The molecule has 0 saturated heterocycles. The molecule has 0 bridgehead atoms.